The summed E-state index contributed by atoms with van der Waals surface area (Å²) < 4.78 is 1.75. The maximum absolute atomic E-state index is 11.5. The molecule has 16 heavy (non-hydrogen) atoms. The Labute approximate surface area is 94.3 Å². The van der Waals surface area contributed by atoms with Crippen molar-refractivity contribution in [3.05, 3.63) is 18.0 Å². The maximum Gasteiger partial charge on any atom is 0.224 e. The van der Waals surface area contributed by atoms with Crippen molar-refractivity contribution < 1.29 is 4.79 Å². The van der Waals surface area contributed by atoms with Crippen molar-refractivity contribution in [2.24, 2.45) is 13.0 Å². The number of hydrogen-bond donors (Lipinski definition) is 0. The first kappa shape index (κ1) is 10.7. The van der Waals surface area contributed by atoms with Crippen LogP contribution in [-0.4, -0.2) is 33.7 Å². The highest BCUT2D eigenvalue weighted by Gasteiger charge is 2.28. The molecule has 1 aromatic rings. The van der Waals surface area contributed by atoms with Gasteiger partial charge in [0.25, 0.3) is 0 Å². The van der Waals surface area contributed by atoms with Gasteiger partial charge in [-0.2, -0.15) is 10.4 Å². The van der Waals surface area contributed by atoms with Gasteiger partial charge in [0, 0.05) is 32.8 Å². The number of nitriles is 1. The highest BCUT2D eigenvalue weighted by molar-refractivity contribution is 5.79. The third-order valence-electron chi connectivity index (χ3n) is 2.83. The fourth-order valence-electron chi connectivity index (χ4n) is 1.94. The van der Waals surface area contributed by atoms with Gasteiger partial charge in [-0.15, -0.1) is 0 Å². The molecule has 0 radical (unpaired) electrons. The molecule has 2 heterocycles. The first-order valence-corrected chi connectivity index (χ1v) is 5.34. The predicted molar refractivity (Wildman–Crippen MR) is 57.2 cm³/mol. The van der Waals surface area contributed by atoms with E-state index in [1.165, 1.54) is 0 Å². The van der Waals surface area contributed by atoms with Gasteiger partial charge < -0.3 is 4.90 Å². The number of amides is 1. The second-order valence-electron chi connectivity index (χ2n) is 4.14. The number of carbonyl (C=O) groups is 1. The standard InChI is InChI=1S/C11H14N4O/c1-14-7-9(6-13-14)2-3-15-8-10(5-12)4-11(15)16/h6-7,10H,2-4,8H2,1H3. The van der Waals surface area contributed by atoms with Crippen LogP contribution in [-0.2, 0) is 18.3 Å². The zero-order valence-electron chi connectivity index (χ0n) is 9.26. The molecule has 0 bridgehead atoms. The fraction of sp³-hybridized carbons (Fsp3) is 0.545. The highest BCUT2D eigenvalue weighted by atomic mass is 16.2. The van der Waals surface area contributed by atoms with Gasteiger partial charge in [0.15, 0.2) is 0 Å². The van der Waals surface area contributed by atoms with Gasteiger partial charge in [0.1, 0.15) is 0 Å². The molecule has 1 saturated heterocycles. The third kappa shape index (κ3) is 2.22. The Morgan fingerprint density at radius 3 is 3.06 bits per heavy atom. The first-order chi connectivity index (χ1) is 7.69. The predicted octanol–water partition coefficient (Wildman–Crippen LogP) is 0.335. The van der Waals surface area contributed by atoms with E-state index < -0.39 is 0 Å². The van der Waals surface area contributed by atoms with Crippen LogP contribution in [0.2, 0.25) is 0 Å². The number of hydrogen-bond acceptors (Lipinski definition) is 3. The van der Waals surface area contributed by atoms with Crippen molar-refractivity contribution in [2.75, 3.05) is 13.1 Å². The fourth-order valence-corrected chi connectivity index (χ4v) is 1.94. The second-order valence-corrected chi connectivity index (χ2v) is 4.14. The van der Waals surface area contributed by atoms with E-state index in [1.54, 1.807) is 9.58 Å². The van der Waals surface area contributed by atoms with E-state index in [1.807, 2.05) is 19.4 Å². The summed E-state index contributed by atoms with van der Waals surface area (Å²) in [4.78, 5) is 13.3. The van der Waals surface area contributed by atoms with E-state index in [0.717, 1.165) is 12.0 Å². The molecule has 1 aliphatic heterocycles. The Morgan fingerprint density at radius 2 is 2.50 bits per heavy atom. The van der Waals surface area contributed by atoms with Crippen LogP contribution in [0.1, 0.15) is 12.0 Å². The number of aromatic nitrogens is 2. The summed E-state index contributed by atoms with van der Waals surface area (Å²) >= 11 is 0. The van der Waals surface area contributed by atoms with Gasteiger partial charge in [0.2, 0.25) is 5.91 Å². The summed E-state index contributed by atoms with van der Waals surface area (Å²) in [6, 6.07) is 2.15. The van der Waals surface area contributed by atoms with Crippen molar-refractivity contribution in [1.82, 2.24) is 14.7 Å². The SMILES string of the molecule is Cn1cc(CCN2CC(C#N)CC2=O)cn1. The Balaban J connectivity index is 1.87. The van der Waals surface area contributed by atoms with Gasteiger partial charge in [-0.3, -0.25) is 9.48 Å². The van der Waals surface area contributed by atoms with E-state index >= 15 is 0 Å². The second kappa shape index (κ2) is 4.35. The molecule has 1 atom stereocenters. The minimum atomic E-state index is -0.124. The molecule has 0 N–H and O–H groups in total. The normalized spacial score (nSPS) is 20.1. The summed E-state index contributed by atoms with van der Waals surface area (Å²) in [6.45, 7) is 1.26. The molecular weight excluding hydrogens is 204 g/mol. The van der Waals surface area contributed by atoms with E-state index in [2.05, 4.69) is 11.2 Å². The Hall–Kier alpha value is -1.83. The maximum atomic E-state index is 11.5. The van der Waals surface area contributed by atoms with E-state index in [-0.39, 0.29) is 11.8 Å². The summed E-state index contributed by atoms with van der Waals surface area (Å²) in [7, 11) is 1.87. The van der Waals surface area contributed by atoms with Gasteiger partial charge in [-0.1, -0.05) is 0 Å². The zero-order chi connectivity index (χ0) is 11.5. The number of likely N-dealkylation sites (tertiary alicyclic amines) is 1. The van der Waals surface area contributed by atoms with Crippen molar-refractivity contribution in [1.29, 1.82) is 5.26 Å². The summed E-state index contributed by atoms with van der Waals surface area (Å²) in [5.41, 5.74) is 1.12. The van der Waals surface area contributed by atoms with Crippen LogP contribution in [0.5, 0.6) is 0 Å². The minimum Gasteiger partial charge on any atom is -0.341 e. The molecule has 0 aromatic carbocycles. The van der Waals surface area contributed by atoms with Gasteiger partial charge >= 0.3 is 0 Å². The summed E-state index contributed by atoms with van der Waals surface area (Å²) in [5, 5.41) is 12.8. The van der Waals surface area contributed by atoms with Crippen LogP contribution in [0.15, 0.2) is 12.4 Å². The molecule has 1 aliphatic rings. The molecule has 2 rings (SSSR count). The van der Waals surface area contributed by atoms with Crippen molar-refractivity contribution in [2.45, 2.75) is 12.8 Å². The Morgan fingerprint density at radius 1 is 1.69 bits per heavy atom. The summed E-state index contributed by atoms with van der Waals surface area (Å²) in [5.74, 6) is -0.0307. The van der Waals surface area contributed by atoms with Crippen LogP contribution in [0, 0.1) is 17.2 Å². The third-order valence-corrected chi connectivity index (χ3v) is 2.83. The van der Waals surface area contributed by atoms with Crippen molar-refractivity contribution in [3.8, 4) is 6.07 Å². The van der Waals surface area contributed by atoms with Gasteiger partial charge in [-0.25, -0.2) is 0 Å². The quantitative estimate of drug-likeness (QED) is 0.734. The lowest BCUT2D eigenvalue weighted by Crippen LogP contribution is -2.27. The average molecular weight is 218 g/mol. The molecule has 1 unspecified atom stereocenters. The van der Waals surface area contributed by atoms with Crippen LogP contribution < -0.4 is 0 Å². The lowest BCUT2D eigenvalue weighted by molar-refractivity contribution is -0.127. The van der Waals surface area contributed by atoms with Crippen molar-refractivity contribution in [3.63, 3.8) is 0 Å². The number of nitrogens with zero attached hydrogens (tertiary/aromatic N) is 4. The lowest BCUT2D eigenvalue weighted by atomic mass is 10.1. The van der Waals surface area contributed by atoms with E-state index in [4.69, 9.17) is 5.26 Å². The summed E-state index contributed by atoms with van der Waals surface area (Å²) in [6.07, 6.45) is 4.94. The van der Waals surface area contributed by atoms with Crippen LogP contribution in [0.25, 0.3) is 0 Å². The molecule has 1 fully saturated rings. The molecule has 1 aromatic heterocycles. The number of rotatable bonds is 3. The molecule has 0 saturated carbocycles. The van der Waals surface area contributed by atoms with Gasteiger partial charge in [0.05, 0.1) is 18.2 Å². The van der Waals surface area contributed by atoms with E-state index in [0.29, 0.717) is 19.5 Å². The Bertz CT molecular complexity index is 431. The molecular formula is C11H14N4O. The zero-order valence-corrected chi connectivity index (χ0v) is 9.26. The van der Waals surface area contributed by atoms with Crippen LogP contribution in [0.4, 0.5) is 0 Å². The smallest absolute Gasteiger partial charge is 0.224 e. The molecule has 0 aliphatic carbocycles. The van der Waals surface area contributed by atoms with Crippen LogP contribution in [0.3, 0.4) is 0 Å². The van der Waals surface area contributed by atoms with Crippen LogP contribution >= 0.6 is 0 Å². The lowest BCUT2D eigenvalue weighted by Gasteiger charge is -2.14. The van der Waals surface area contributed by atoms with Gasteiger partial charge in [-0.05, 0) is 12.0 Å². The van der Waals surface area contributed by atoms with E-state index in [9.17, 15) is 4.79 Å². The van der Waals surface area contributed by atoms with Crippen molar-refractivity contribution >= 4 is 5.91 Å². The minimum absolute atomic E-state index is 0.0930. The topological polar surface area (TPSA) is 61.9 Å². The molecule has 84 valence electrons. The Kier molecular flexibility index (Phi) is 2.91. The number of carbonyl (C=O) groups excluding carboxylic acids is 1. The molecule has 5 nitrogen and oxygen atoms in total. The first-order valence-electron chi connectivity index (χ1n) is 5.34. The monoisotopic (exact) mass is 218 g/mol. The molecule has 1 amide bonds. The molecule has 0 spiro atoms. The average Bonchev–Trinajstić information content (AvgIpc) is 2.82. The molecule has 5 heteroatoms. The highest BCUT2D eigenvalue weighted by Crippen LogP contribution is 2.16. The number of aryl methyl sites for hydroxylation is 1. The largest absolute Gasteiger partial charge is 0.341 e.